The van der Waals surface area contributed by atoms with Gasteiger partial charge < -0.3 is 33.8 Å². The number of phosphoric ester groups is 2. The van der Waals surface area contributed by atoms with Crippen LogP contribution in [0, 0.1) is 11.8 Å². The first-order valence-corrected chi connectivity index (χ1v) is 36.5. The lowest BCUT2D eigenvalue weighted by molar-refractivity contribution is -0.161. The predicted molar refractivity (Wildman–Crippen MR) is 331 cm³/mol. The molecule has 0 aliphatic carbocycles. The van der Waals surface area contributed by atoms with Gasteiger partial charge in [0.25, 0.3) is 0 Å². The second-order valence-electron chi connectivity index (χ2n) is 24.1. The van der Waals surface area contributed by atoms with Gasteiger partial charge in [-0.05, 0) is 37.5 Å². The third kappa shape index (κ3) is 58.8. The van der Waals surface area contributed by atoms with E-state index in [9.17, 15) is 43.2 Å². The molecular formula is C64H124O17P2. The quantitative estimate of drug-likeness (QED) is 0.0222. The molecule has 492 valence electrons. The second kappa shape index (κ2) is 56.6. The Kier molecular flexibility index (Phi) is 55.2. The van der Waals surface area contributed by atoms with E-state index in [4.69, 9.17) is 37.0 Å². The molecule has 0 fully saturated rings. The van der Waals surface area contributed by atoms with Crippen LogP contribution in [0.5, 0.6) is 0 Å². The van der Waals surface area contributed by atoms with Crippen molar-refractivity contribution in [2.24, 2.45) is 11.8 Å². The molecular weight excluding hydrogens is 1100 g/mol. The molecule has 0 aromatic rings. The van der Waals surface area contributed by atoms with Crippen LogP contribution in [0.1, 0.15) is 318 Å². The van der Waals surface area contributed by atoms with E-state index in [1.54, 1.807) is 0 Å². The summed E-state index contributed by atoms with van der Waals surface area (Å²) < 4.78 is 67.8. The van der Waals surface area contributed by atoms with Gasteiger partial charge in [0.15, 0.2) is 12.2 Å². The van der Waals surface area contributed by atoms with Gasteiger partial charge >= 0.3 is 39.5 Å². The minimum Gasteiger partial charge on any atom is -0.462 e. The highest BCUT2D eigenvalue weighted by Crippen LogP contribution is 2.45. The van der Waals surface area contributed by atoms with Gasteiger partial charge in [-0.2, -0.15) is 0 Å². The summed E-state index contributed by atoms with van der Waals surface area (Å²) in [4.78, 5) is 71.9. The van der Waals surface area contributed by atoms with Crippen LogP contribution in [0.3, 0.4) is 0 Å². The number of hydrogen-bond donors (Lipinski definition) is 3. The van der Waals surface area contributed by atoms with E-state index in [0.29, 0.717) is 31.6 Å². The van der Waals surface area contributed by atoms with Crippen LogP contribution in [0.4, 0.5) is 0 Å². The maximum absolute atomic E-state index is 13.0. The Labute approximate surface area is 505 Å². The number of carbonyl (C=O) groups is 4. The van der Waals surface area contributed by atoms with Gasteiger partial charge in [0.1, 0.15) is 19.3 Å². The molecule has 5 atom stereocenters. The van der Waals surface area contributed by atoms with Gasteiger partial charge in [0.05, 0.1) is 26.4 Å². The fourth-order valence-corrected chi connectivity index (χ4v) is 11.1. The summed E-state index contributed by atoms with van der Waals surface area (Å²) in [5.74, 6) is -0.753. The molecule has 19 heteroatoms. The van der Waals surface area contributed by atoms with Crippen LogP contribution in [0.2, 0.25) is 0 Å². The van der Waals surface area contributed by atoms with E-state index in [0.717, 1.165) is 102 Å². The number of aliphatic hydroxyl groups excluding tert-OH is 1. The molecule has 0 rings (SSSR count). The standard InChI is InChI=1S/C64H124O17P2/c1-7-9-11-13-14-15-16-17-18-19-20-21-22-23-24-29-36-42-48-63(68)80-60(53-75-62(67)47-41-35-28-26-25-27-33-38-44-56(3)4)55-79-83(72,73)77-51-58(65)50-76-82(70,71)78-54-59(52-74-61(66)46-40-32-12-10-8-2)81-64(69)49-43-37-31-30-34-39-45-57(5)6/h56-60,65H,7-55H2,1-6H3,(H,70,71)(H,72,73)/t58-,59+,60+/m0/s1. The number of rotatable bonds is 63. The first-order valence-electron chi connectivity index (χ1n) is 33.5. The summed E-state index contributed by atoms with van der Waals surface area (Å²) in [5, 5.41) is 10.5. The van der Waals surface area contributed by atoms with Crippen LogP contribution >= 0.6 is 15.6 Å². The molecule has 0 radical (unpaired) electrons. The first-order chi connectivity index (χ1) is 39.9. The molecule has 83 heavy (non-hydrogen) atoms. The Morgan fingerprint density at radius 1 is 0.325 bits per heavy atom. The van der Waals surface area contributed by atoms with Gasteiger partial charge in [0.2, 0.25) is 0 Å². The molecule has 0 aromatic carbocycles. The van der Waals surface area contributed by atoms with Crippen molar-refractivity contribution in [3.63, 3.8) is 0 Å². The lowest BCUT2D eigenvalue weighted by Crippen LogP contribution is -2.30. The Balaban J connectivity index is 5.13. The van der Waals surface area contributed by atoms with Crippen LogP contribution in [0.25, 0.3) is 0 Å². The maximum atomic E-state index is 13.0. The number of phosphoric acid groups is 2. The van der Waals surface area contributed by atoms with Crippen LogP contribution < -0.4 is 0 Å². The van der Waals surface area contributed by atoms with Crippen molar-refractivity contribution in [1.82, 2.24) is 0 Å². The van der Waals surface area contributed by atoms with Crippen molar-refractivity contribution in [1.29, 1.82) is 0 Å². The highest BCUT2D eigenvalue weighted by atomic mass is 31.2. The van der Waals surface area contributed by atoms with E-state index in [-0.39, 0.29) is 25.7 Å². The van der Waals surface area contributed by atoms with Crippen molar-refractivity contribution < 1.29 is 80.2 Å². The van der Waals surface area contributed by atoms with Gasteiger partial charge in [-0.3, -0.25) is 37.3 Å². The second-order valence-corrected chi connectivity index (χ2v) is 27.0. The lowest BCUT2D eigenvalue weighted by Gasteiger charge is -2.21. The highest BCUT2D eigenvalue weighted by molar-refractivity contribution is 7.47. The third-order valence-electron chi connectivity index (χ3n) is 14.7. The zero-order chi connectivity index (χ0) is 61.5. The SMILES string of the molecule is CCCCCCCCCCCCCCCCCCCCC(=O)O[C@H](COC(=O)CCCCCCCCCCC(C)C)COP(=O)(O)OC[C@@H](O)COP(=O)(O)OC[C@@H](COC(=O)CCCCCCC)OC(=O)CCCCCCCCC(C)C. The smallest absolute Gasteiger partial charge is 0.462 e. The van der Waals surface area contributed by atoms with E-state index in [1.807, 2.05) is 0 Å². The molecule has 0 saturated carbocycles. The highest BCUT2D eigenvalue weighted by Gasteiger charge is 2.30. The van der Waals surface area contributed by atoms with Crippen molar-refractivity contribution in [2.45, 2.75) is 336 Å². The summed E-state index contributed by atoms with van der Waals surface area (Å²) in [6, 6.07) is 0. The van der Waals surface area contributed by atoms with Crippen molar-refractivity contribution in [3.05, 3.63) is 0 Å². The van der Waals surface area contributed by atoms with Crippen molar-refractivity contribution in [3.8, 4) is 0 Å². The minimum absolute atomic E-state index is 0.101. The number of esters is 4. The summed E-state index contributed by atoms with van der Waals surface area (Å²) in [5.41, 5.74) is 0. The zero-order valence-electron chi connectivity index (χ0n) is 53.5. The summed E-state index contributed by atoms with van der Waals surface area (Å²) in [7, 11) is -9.88. The fourth-order valence-electron chi connectivity index (χ4n) is 9.53. The normalized spacial score (nSPS) is 14.3. The van der Waals surface area contributed by atoms with Crippen molar-refractivity contribution in [2.75, 3.05) is 39.6 Å². The summed E-state index contributed by atoms with van der Waals surface area (Å²) >= 11 is 0. The average Bonchev–Trinajstić information content (AvgIpc) is 3.46. The molecule has 0 spiro atoms. The number of hydrogen-bond acceptors (Lipinski definition) is 15. The minimum atomic E-state index is -4.94. The molecule has 2 unspecified atom stereocenters. The summed E-state index contributed by atoms with van der Waals surface area (Å²) in [6.45, 7) is 9.28. The molecule has 3 N–H and O–H groups in total. The number of unbranched alkanes of at least 4 members (excludes halogenated alkanes) is 33. The van der Waals surface area contributed by atoms with Gasteiger partial charge in [-0.15, -0.1) is 0 Å². The topological polar surface area (TPSA) is 237 Å². The molecule has 0 aromatic heterocycles. The fraction of sp³-hybridized carbons (Fsp3) is 0.938. The van der Waals surface area contributed by atoms with E-state index in [1.165, 1.54) is 128 Å². The van der Waals surface area contributed by atoms with Crippen LogP contribution in [-0.2, 0) is 65.4 Å². The predicted octanol–water partition coefficient (Wildman–Crippen LogP) is 17.7. The number of ether oxygens (including phenoxy) is 4. The van der Waals surface area contributed by atoms with E-state index < -0.39 is 97.5 Å². The Hall–Kier alpha value is -1.94. The van der Waals surface area contributed by atoms with Crippen LogP contribution in [-0.4, -0.2) is 96.7 Å². The van der Waals surface area contributed by atoms with Gasteiger partial charge in [-0.25, -0.2) is 9.13 Å². The first kappa shape index (κ1) is 81.1. The largest absolute Gasteiger partial charge is 0.472 e. The van der Waals surface area contributed by atoms with Crippen LogP contribution in [0.15, 0.2) is 0 Å². The molecule has 17 nitrogen and oxygen atoms in total. The number of carbonyl (C=O) groups excluding carboxylic acids is 4. The molecule has 0 aliphatic rings. The Morgan fingerprint density at radius 3 is 0.819 bits per heavy atom. The lowest BCUT2D eigenvalue weighted by atomic mass is 10.0. The maximum Gasteiger partial charge on any atom is 0.472 e. The van der Waals surface area contributed by atoms with Gasteiger partial charge in [0, 0.05) is 25.7 Å². The third-order valence-corrected chi connectivity index (χ3v) is 16.6. The van der Waals surface area contributed by atoms with Gasteiger partial charge in [-0.1, -0.05) is 266 Å². The van der Waals surface area contributed by atoms with E-state index in [2.05, 4.69) is 41.5 Å². The zero-order valence-corrected chi connectivity index (χ0v) is 55.3. The molecule has 0 amide bonds. The molecule has 0 saturated heterocycles. The summed E-state index contributed by atoms with van der Waals surface area (Å²) in [6.07, 6.45) is 39.6. The molecule has 0 bridgehead atoms. The number of aliphatic hydroxyl groups is 1. The van der Waals surface area contributed by atoms with Crippen molar-refractivity contribution >= 4 is 39.5 Å². The molecule has 0 aliphatic heterocycles. The Morgan fingerprint density at radius 2 is 0.554 bits per heavy atom. The Bertz CT molecular complexity index is 1630. The van der Waals surface area contributed by atoms with E-state index >= 15 is 0 Å². The molecule has 0 heterocycles. The monoisotopic (exact) mass is 1230 g/mol. The average molecular weight is 1230 g/mol.